The van der Waals surface area contributed by atoms with Gasteiger partial charge in [0.25, 0.3) is 0 Å². The molecule has 2 N–H and O–H groups in total. The summed E-state index contributed by atoms with van der Waals surface area (Å²) in [5, 5.41) is 21.7. The molecule has 1 aromatic carbocycles. The van der Waals surface area contributed by atoms with E-state index in [0.29, 0.717) is 5.56 Å². The minimum atomic E-state index is -0.875. The largest absolute Gasteiger partial charge is 0.478 e. The van der Waals surface area contributed by atoms with Crippen LogP contribution in [0.2, 0.25) is 0 Å². The summed E-state index contributed by atoms with van der Waals surface area (Å²) in [4.78, 5) is 11.8. The number of hydrogen-bond donors (Lipinski definition) is 2. The summed E-state index contributed by atoms with van der Waals surface area (Å²) in [6.07, 6.45) is 1.58. The van der Waals surface area contributed by atoms with Crippen LogP contribution in [0.1, 0.15) is 88.7 Å². The summed E-state index contributed by atoms with van der Waals surface area (Å²) >= 11 is 0. The lowest BCUT2D eigenvalue weighted by molar-refractivity contribution is -0.245. The Morgan fingerprint density at radius 1 is 1.12 bits per heavy atom. The molecule has 0 atom stereocenters. The smallest absolute Gasteiger partial charge is 0.335 e. The van der Waals surface area contributed by atoms with Crippen molar-refractivity contribution < 1.29 is 15.1 Å². The lowest BCUT2D eigenvalue weighted by atomic mass is 9.68. The quantitative estimate of drug-likeness (QED) is 0.815. The molecular formula is C20H31NO3. The van der Waals surface area contributed by atoms with Gasteiger partial charge in [0.15, 0.2) is 0 Å². The summed E-state index contributed by atoms with van der Waals surface area (Å²) in [5.74, 6) is -0.660. The molecule has 0 radical (unpaired) electrons. The van der Waals surface area contributed by atoms with E-state index in [2.05, 4.69) is 26.8 Å². The van der Waals surface area contributed by atoms with Gasteiger partial charge in [-0.15, -0.1) is 0 Å². The van der Waals surface area contributed by atoms with Crippen molar-refractivity contribution in [3.8, 4) is 0 Å². The van der Waals surface area contributed by atoms with Gasteiger partial charge in [0.1, 0.15) is 0 Å². The average molecular weight is 333 g/mol. The predicted molar refractivity (Wildman–Crippen MR) is 95.9 cm³/mol. The first kappa shape index (κ1) is 18.9. The van der Waals surface area contributed by atoms with Crippen molar-refractivity contribution in [2.24, 2.45) is 0 Å². The van der Waals surface area contributed by atoms with Gasteiger partial charge in [-0.1, -0.05) is 32.9 Å². The second kappa shape index (κ2) is 5.85. The Morgan fingerprint density at radius 3 is 2.04 bits per heavy atom. The highest BCUT2D eigenvalue weighted by Crippen LogP contribution is 2.47. The topological polar surface area (TPSA) is 60.8 Å². The Morgan fingerprint density at radius 2 is 1.62 bits per heavy atom. The Labute approximate surface area is 145 Å². The maximum Gasteiger partial charge on any atom is 0.335 e. The molecular weight excluding hydrogens is 302 g/mol. The van der Waals surface area contributed by atoms with Crippen LogP contribution in [0.5, 0.6) is 0 Å². The molecule has 1 aliphatic heterocycles. The van der Waals surface area contributed by atoms with Gasteiger partial charge in [-0.2, -0.15) is 5.06 Å². The third kappa shape index (κ3) is 3.35. The van der Waals surface area contributed by atoms with Crippen molar-refractivity contribution in [1.82, 2.24) is 5.06 Å². The Hall–Kier alpha value is -1.39. The molecule has 0 amide bonds. The molecule has 134 valence electrons. The van der Waals surface area contributed by atoms with Gasteiger partial charge in [0.2, 0.25) is 0 Å². The maximum absolute atomic E-state index is 11.8. The zero-order chi connectivity index (χ0) is 18.5. The summed E-state index contributed by atoms with van der Waals surface area (Å²) in [6.45, 7) is 14.4. The highest BCUT2D eigenvalue weighted by Gasteiger charge is 2.46. The Kier molecular flexibility index (Phi) is 4.62. The second-order valence-electron chi connectivity index (χ2n) is 9.37. The van der Waals surface area contributed by atoms with Crippen LogP contribution in [-0.4, -0.2) is 32.4 Å². The molecule has 4 nitrogen and oxygen atoms in total. The van der Waals surface area contributed by atoms with Crippen molar-refractivity contribution in [3.05, 3.63) is 34.9 Å². The number of carboxylic acids is 1. The molecule has 24 heavy (non-hydrogen) atoms. The second-order valence-corrected chi connectivity index (χ2v) is 9.37. The van der Waals surface area contributed by atoms with Crippen molar-refractivity contribution in [2.75, 3.05) is 0 Å². The number of aromatic carboxylic acids is 1. The summed E-state index contributed by atoms with van der Waals surface area (Å²) in [6, 6.07) is 5.61. The SMILES string of the molecule is CC(C)(C)c1c(C(=O)O)cccc1C1CC(C)(C)N(O)C(C)(C)C1. The fraction of sp³-hybridized carbons (Fsp3) is 0.650. The van der Waals surface area contributed by atoms with Gasteiger partial charge in [-0.25, -0.2) is 4.79 Å². The zero-order valence-corrected chi connectivity index (χ0v) is 16.0. The van der Waals surface area contributed by atoms with Crippen LogP contribution in [0, 0.1) is 0 Å². The first-order valence-electron chi connectivity index (χ1n) is 8.63. The van der Waals surface area contributed by atoms with Crippen molar-refractivity contribution in [2.45, 2.75) is 83.7 Å². The third-order valence-corrected chi connectivity index (χ3v) is 5.16. The number of carboxylic acid groups (broad SMARTS) is 1. The number of rotatable bonds is 2. The van der Waals surface area contributed by atoms with Crippen LogP contribution in [0.15, 0.2) is 18.2 Å². The molecule has 0 aromatic heterocycles. The van der Waals surface area contributed by atoms with E-state index in [1.165, 1.54) is 5.06 Å². The minimum absolute atomic E-state index is 0.215. The van der Waals surface area contributed by atoms with Gasteiger partial charge in [0, 0.05) is 11.1 Å². The number of benzene rings is 1. The molecule has 0 unspecified atom stereocenters. The highest BCUT2D eigenvalue weighted by atomic mass is 16.5. The minimum Gasteiger partial charge on any atom is -0.478 e. The van der Waals surface area contributed by atoms with E-state index >= 15 is 0 Å². The van der Waals surface area contributed by atoms with Crippen molar-refractivity contribution in [3.63, 3.8) is 0 Å². The third-order valence-electron chi connectivity index (χ3n) is 5.16. The van der Waals surface area contributed by atoms with Crippen LogP contribution in [0.3, 0.4) is 0 Å². The summed E-state index contributed by atoms with van der Waals surface area (Å²) in [5.41, 5.74) is 1.44. The summed E-state index contributed by atoms with van der Waals surface area (Å²) in [7, 11) is 0. The number of nitrogens with zero attached hydrogens (tertiary/aromatic N) is 1. The lowest BCUT2D eigenvalue weighted by Gasteiger charge is -2.52. The van der Waals surface area contributed by atoms with E-state index in [1.807, 2.05) is 33.8 Å². The Bertz CT molecular complexity index is 623. The molecule has 1 heterocycles. The van der Waals surface area contributed by atoms with Crippen LogP contribution >= 0.6 is 0 Å². The summed E-state index contributed by atoms with van der Waals surface area (Å²) < 4.78 is 0. The fourth-order valence-corrected chi connectivity index (χ4v) is 4.42. The molecule has 1 aliphatic rings. The van der Waals surface area contributed by atoms with Crippen LogP contribution < -0.4 is 0 Å². The van der Waals surface area contributed by atoms with Gasteiger partial charge in [-0.3, -0.25) is 0 Å². The monoisotopic (exact) mass is 333 g/mol. The van der Waals surface area contributed by atoms with E-state index in [4.69, 9.17) is 0 Å². The molecule has 2 rings (SSSR count). The number of carbonyl (C=O) groups is 1. The molecule has 0 bridgehead atoms. The van der Waals surface area contributed by atoms with Crippen LogP contribution in [0.25, 0.3) is 0 Å². The van der Waals surface area contributed by atoms with E-state index in [0.717, 1.165) is 24.0 Å². The average Bonchev–Trinajstić information content (AvgIpc) is 2.42. The van der Waals surface area contributed by atoms with Gasteiger partial charge < -0.3 is 10.3 Å². The van der Waals surface area contributed by atoms with E-state index < -0.39 is 5.97 Å². The molecule has 0 aliphatic carbocycles. The van der Waals surface area contributed by atoms with Gasteiger partial charge in [0.05, 0.1) is 5.56 Å². The first-order chi connectivity index (χ1) is 10.8. The molecule has 1 saturated heterocycles. The normalized spacial score (nSPS) is 21.7. The first-order valence-corrected chi connectivity index (χ1v) is 8.63. The molecule has 4 heteroatoms. The van der Waals surface area contributed by atoms with E-state index in [9.17, 15) is 15.1 Å². The fourth-order valence-electron chi connectivity index (χ4n) is 4.42. The predicted octanol–water partition coefficient (Wildman–Crippen LogP) is 4.81. The Balaban J connectivity index is 2.61. The lowest BCUT2D eigenvalue weighted by Crippen LogP contribution is -2.58. The molecule has 1 aromatic rings. The van der Waals surface area contributed by atoms with Crippen LogP contribution in [0.4, 0.5) is 0 Å². The number of piperidine rings is 1. The molecule has 0 spiro atoms. The van der Waals surface area contributed by atoms with E-state index in [-0.39, 0.29) is 22.4 Å². The maximum atomic E-state index is 11.8. The number of hydrogen-bond acceptors (Lipinski definition) is 3. The van der Waals surface area contributed by atoms with Crippen LogP contribution in [-0.2, 0) is 5.41 Å². The zero-order valence-electron chi connectivity index (χ0n) is 16.0. The molecule has 0 saturated carbocycles. The number of hydroxylamine groups is 2. The highest BCUT2D eigenvalue weighted by molar-refractivity contribution is 5.90. The molecule has 1 fully saturated rings. The van der Waals surface area contributed by atoms with Crippen molar-refractivity contribution >= 4 is 5.97 Å². The standard InChI is InChI=1S/C20H31NO3/c1-18(2,3)16-14(9-8-10-15(16)17(22)23)13-11-19(4,5)21(24)20(6,7)12-13/h8-10,13,24H,11-12H2,1-7H3,(H,22,23). The van der Waals surface area contributed by atoms with Crippen molar-refractivity contribution in [1.29, 1.82) is 0 Å². The van der Waals surface area contributed by atoms with Gasteiger partial charge in [-0.05, 0) is 69.1 Å². The van der Waals surface area contributed by atoms with E-state index in [1.54, 1.807) is 6.07 Å². The van der Waals surface area contributed by atoms with Gasteiger partial charge >= 0.3 is 5.97 Å².